The van der Waals surface area contributed by atoms with Gasteiger partial charge in [-0.3, -0.25) is 14.5 Å². The molecule has 0 aromatic heterocycles. The van der Waals surface area contributed by atoms with Crippen molar-refractivity contribution in [1.82, 2.24) is 10.2 Å². The topological polar surface area (TPSA) is 69.6 Å². The quantitative estimate of drug-likeness (QED) is 0.862. The van der Waals surface area contributed by atoms with Crippen LogP contribution in [0.2, 0.25) is 5.02 Å². The molecule has 1 amide bonds. The van der Waals surface area contributed by atoms with E-state index in [0.717, 1.165) is 17.5 Å². The maximum atomic E-state index is 12.1. The Morgan fingerprint density at radius 2 is 1.92 bits per heavy atom. The molecule has 3 rings (SSSR count). The van der Waals surface area contributed by atoms with E-state index in [2.05, 4.69) is 10.2 Å². The zero-order chi connectivity index (χ0) is 17.8. The molecule has 5 nitrogen and oxygen atoms in total. The number of carboxylic acid groups (broad SMARTS) is 1. The summed E-state index contributed by atoms with van der Waals surface area (Å²) in [7, 11) is 0. The first kappa shape index (κ1) is 17.5. The van der Waals surface area contributed by atoms with Gasteiger partial charge < -0.3 is 10.4 Å². The predicted octanol–water partition coefficient (Wildman–Crippen LogP) is 2.64. The fourth-order valence-electron chi connectivity index (χ4n) is 3.19. The molecule has 0 bridgehead atoms. The second-order valence-corrected chi connectivity index (χ2v) is 6.56. The minimum Gasteiger partial charge on any atom is -0.480 e. The lowest BCUT2D eigenvalue weighted by molar-refractivity contribution is -0.138. The van der Waals surface area contributed by atoms with E-state index in [1.807, 2.05) is 48.5 Å². The molecule has 0 saturated carbocycles. The van der Waals surface area contributed by atoms with E-state index in [4.69, 9.17) is 16.7 Å². The van der Waals surface area contributed by atoms with Crippen LogP contribution in [0, 0.1) is 0 Å². The number of hydrogen-bond donors (Lipinski definition) is 2. The van der Waals surface area contributed by atoms with Gasteiger partial charge in [-0.1, -0.05) is 48.0 Å². The summed E-state index contributed by atoms with van der Waals surface area (Å²) in [5, 5.41) is 11.8. The van der Waals surface area contributed by atoms with Crippen molar-refractivity contribution < 1.29 is 14.7 Å². The highest BCUT2D eigenvalue weighted by atomic mass is 35.5. The van der Waals surface area contributed by atoms with Crippen LogP contribution >= 0.6 is 11.6 Å². The summed E-state index contributed by atoms with van der Waals surface area (Å²) < 4.78 is 0. The molecule has 0 saturated heterocycles. The molecular weight excluding hydrogens is 340 g/mol. The Labute approximate surface area is 151 Å². The number of nitrogens with one attached hydrogen (secondary N) is 1. The van der Waals surface area contributed by atoms with Crippen LogP contribution in [-0.2, 0) is 22.6 Å². The highest BCUT2D eigenvalue weighted by Crippen LogP contribution is 2.34. The molecule has 130 valence electrons. The van der Waals surface area contributed by atoms with Gasteiger partial charge in [-0.15, -0.1) is 0 Å². The van der Waals surface area contributed by atoms with Crippen molar-refractivity contribution in [3.05, 3.63) is 70.2 Å². The molecule has 0 spiro atoms. The Balaban J connectivity index is 1.83. The van der Waals surface area contributed by atoms with Gasteiger partial charge in [-0.25, -0.2) is 0 Å². The van der Waals surface area contributed by atoms with Gasteiger partial charge in [0.2, 0.25) is 5.91 Å². The molecule has 2 aromatic carbocycles. The Bertz CT molecular complexity index is 779. The molecule has 6 heteroatoms. The number of nitrogens with zero attached hydrogens (tertiary/aromatic N) is 1. The zero-order valence-electron chi connectivity index (χ0n) is 13.6. The Morgan fingerprint density at radius 3 is 2.64 bits per heavy atom. The SMILES string of the molecule is O=C(O)CNC(=O)CN1Cc2cc(Cl)ccc2C[C@H]1c1ccccc1. The number of amides is 1. The van der Waals surface area contributed by atoms with E-state index < -0.39 is 5.97 Å². The number of carbonyl (C=O) groups is 2. The summed E-state index contributed by atoms with van der Waals surface area (Å²) in [6, 6.07) is 15.9. The molecular formula is C19H19ClN2O3. The summed E-state index contributed by atoms with van der Waals surface area (Å²) in [5.74, 6) is -1.35. The van der Waals surface area contributed by atoms with Crippen molar-refractivity contribution in [3.8, 4) is 0 Å². The summed E-state index contributed by atoms with van der Waals surface area (Å²) in [4.78, 5) is 24.8. The van der Waals surface area contributed by atoms with Gasteiger partial charge >= 0.3 is 5.97 Å². The number of benzene rings is 2. The summed E-state index contributed by atoms with van der Waals surface area (Å²) in [6.07, 6.45) is 0.780. The zero-order valence-corrected chi connectivity index (χ0v) is 14.4. The summed E-state index contributed by atoms with van der Waals surface area (Å²) in [6.45, 7) is 0.361. The third kappa shape index (κ3) is 4.38. The smallest absolute Gasteiger partial charge is 0.322 e. The van der Waals surface area contributed by atoms with Crippen LogP contribution < -0.4 is 5.32 Å². The number of hydrogen-bond acceptors (Lipinski definition) is 3. The molecule has 1 atom stereocenters. The maximum Gasteiger partial charge on any atom is 0.322 e. The monoisotopic (exact) mass is 358 g/mol. The van der Waals surface area contributed by atoms with Gasteiger partial charge in [0.05, 0.1) is 6.54 Å². The molecule has 25 heavy (non-hydrogen) atoms. The molecule has 0 aliphatic carbocycles. The number of rotatable bonds is 5. The standard InChI is InChI=1S/C19H19ClN2O3/c20-16-7-6-14-9-17(13-4-2-1-3-5-13)22(11-15(14)8-16)12-18(23)21-10-19(24)25/h1-8,17H,9-12H2,(H,21,23)(H,24,25)/t17-/m0/s1. The van der Waals surface area contributed by atoms with E-state index in [9.17, 15) is 9.59 Å². The first-order valence-corrected chi connectivity index (χ1v) is 8.45. The molecule has 2 N–H and O–H groups in total. The van der Waals surface area contributed by atoms with Crippen molar-refractivity contribution in [3.63, 3.8) is 0 Å². The molecule has 1 heterocycles. The maximum absolute atomic E-state index is 12.1. The highest BCUT2D eigenvalue weighted by Gasteiger charge is 2.28. The molecule has 2 aromatic rings. The first-order valence-electron chi connectivity index (χ1n) is 8.07. The fourth-order valence-corrected chi connectivity index (χ4v) is 3.39. The highest BCUT2D eigenvalue weighted by molar-refractivity contribution is 6.30. The van der Waals surface area contributed by atoms with Gasteiger partial charge in [0.1, 0.15) is 6.54 Å². The van der Waals surface area contributed by atoms with Crippen molar-refractivity contribution in [2.75, 3.05) is 13.1 Å². The number of carbonyl (C=O) groups excluding carboxylic acids is 1. The van der Waals surface area contributed by atoms with Gasteiger partial charge in [-0.2, -0.15) is 0 Å². The second kappa shape index (κ2) is 7.68. The molecule has 0 fully saturated rings. The average molecular weight is 359 g/mol. The Morgan fingerprint density at radius 1 is 1.16 bits per heavy atom. The van der Waals surface area contributed by atoms with Crippen LogP contribution in [0.15, 0.2) is 48.5 Å². The third-order valence-corrected chi connectivity index (χ3v) is 4.60. The van der Waals surface area contributed by atoms with Crippen molar-refractivity contribution in [1.29, 1.82) is 0 Å². The van der Waals surface area contributed by atoms with Crippen molar-refractivity contribution in [2.24, 2.45) is 0 Å². The van der Waals surface area contributed by atoms with Crippen LogP contribution in [0.4, 0.5) is 0 Å². The molecule has 1 aliphatic rings. The lowest BCUT2D eigenvalue weighted by atomic mass is 9.90. The van der Waals surface area contributed by atoms with E-state index in [0.29, 0.717) is 11.6 Å². The Kier molecular flexibility index (Phi) is 5.36. The van der Waals surface area contributed by atoms with Crippen molar-refractivity contribution in [2.45, 2.75) is 19.0 Å². The summed E-state index contributed by atoms with van der Waals surface area (Å²) in [5.41, 5.74) is 3.46. The van der Waals surface area contributed by atoms with Crippen molar-refractivity contribution >= 4 is 23.5 Å². The van der Waals surface area contributed by atoms with E-state index in [1.54, 1.807) is 0 Å². The molecule has 0 unspecified atom stereocenters. The number of fused-ring (bicyclic) bond motifs is 1. The van der Waals surface area contributed by atoms with Gasteiger partial charge in [-0.05, 0) is 35.2 Å². The third-order valence-electron chi connectivity index (χ3n) is 4.36. The molecule has 0 radical (unpaired) electrons. The molecule has 1 aliphatic heterocycles. The van der Waals surface area contributed by atoms with Crippen LogP contribution in [-0.4, -0.2) is 35.0 Å². The van der Waals surface area contributed by atoms with Gasteiger partial charge in [0.25, 0.3) is 0 Å². The minimum atomic E-state index is -1.05. The largest absolute Gasteiger partial charge is 0.480 e. The van der Waals surface area contributed by atoms with E-state index >= 15 is 0 Å². The first-order chi connectivity index (χ1) is 12.0. The van der Waals surface area contributed by atoms with Gasteiger partial charge in [0.15, 0.2) is 0 Å². The second-order valence-electron chi connectivity index (χ2n) is 6.12. The van der Waals surface area contributed by atoms with E-state index in [1.165, 1.54) is 5.56 Å². The van der Waals surface area contributed by atoms with Crippen LogP contribution in [0.1, 0.15) is 22.7 Å². The number of aliphatic carboxylic acids is 1. The number of carboxylic acids is 1. The predicted molar refractivity (Wildman–Crippen MR) is 95.4 cm³/mol. The summed E-state index contributed by atoms with van der Waals surface area (Å²) >= 11 is 6.10. The van der Waals surface area contributed by atoms with E-state index in [-0.39, 0.29) is 25.0 Å². The number of halogens is 1. The van der Waals surface area contributed by atoms with Gasteiger partial charge in [0, 0.05) is 17.6 Å². The minimum absolute atomic E-state index is 0.0606. The Hall–Kier alpha value is -2.37. The lowest BCUT2D eigenvalue weighted by Gasteiger charge is -2.37. The van der Waals surface area contributed by atoms with Crippen LogP contribution in [0.5, 0.6) is 0 Å². The normalized spacial score (nSPS) is 16.9. The average Bonchev–Trinajstić information content (AvgIpc) is 2.60. The van der Waals surface area contributed by atoms with Crippen LogP contribution in [0.25, 0.3) is 0 Å². The van der Waals surface area contributed by atoms with Crippen LogP contribution in [0.3, 0.4) is 0 Å². The fraction of sp³-hybridized carbons (Fsp3) is 0.263. The lowest BCUT2D eigenvalue weighted by Crippen LogP contribution is -2.42.